The van der Waals surface area contributed by atoms with Crippen molar-refractivity contribution in [3.63, 3.8) is 0 Å². The lowest BCUT2D eigenvalue weighted by molar-refractivity contribution is -0.124. The first kappa shape index (κ1) is 14.7. The van der Waals surface area contributed by atoms with Gasteiger partial charge in [0.25, 0.3) is 5.91 Å². The highest BCUT2D eigenvalue weighted by Crippen LogP contribution is 2.23. The Labute approximate surface area is 133 Å². The molecule has 1 atom stereocenters. The molecule has 0 bridgehead atoms. The van der Waals surface area contributed by atoms with E-state index in [1.807, 2.05) is 0 Å². The zero-order valence-electron chi connectivity index (χ0n) is 12.0. The molecule has 0 radical (unpaired) electrons. The Kier molecular flexibility index (Phi) is 3.90. The number of hydrogen-bond acceptors (Lipinski definition) is 3. The van der Waals surface area contributed by atoms with Crippen molar-refractivity contribution in [3.05, 3.63) is 53.4 Å². The third kappa shape index (κ3) is 2.60. The number of benzene rings is 1. The highest BCUT2D eigenvalue weighted by Gasteiger charge is 2.36. The fraction of sp³-hybridized carbons (Fsp3) is 0.250. The van der Waals surface area contributed by atoms with Gasteiger partial charge in [0, 0.05) is 23.8 Å². The van der Waals surface area contributed by atoms with Crippen LogP contribution in [-0.2, 0) is 4.79 Å². The maximum atomic E-state index is 12.6. The van der Waals surface area contributed by atoms with Gasteiger partial charge in [0.05, 0.1) is 6.26 Å². The van der Waals surface area contributed by atoms with Crippen LogP contribution in [0.2, 0.25) is 5.02 Å². The monoisotopic (exact) mass is 318 g/mol. The molecule has 1 aliphatic rings. The molecule has 0 aliphatic carbocycles. The minimum Gasteiger partial charge on any atom is -0.459 e. The van der Waals surface area contributed by atoms with Crippen LogP contribution in [0.3, 0.4) is 0 Å². The molecule has 1 saturated heterocycles. The van der Waals surface area contributed by atoms with Gasteiger partial charge in [-0.05, 0) is 43.3 Å². The first-order valence-corrected chi connectivity index (χ1v) is 7.37. The molecule has 2 heterocycles. The SMILES string of the molecule is C[C@@H]1C(=O)N(c2ccc(Cl)cc2)CCN1C(=O)c1ccco1. The standard InChI is InChI=1S/C16H15ClN2O3/c1-11-15(20)19(13-6-4-12(17)5-7-13)9-8-18(11)16(21)14-3-2-10-22-14/h2-7,10-11H,8-9H2,1H3/t11-/m1/s1. The number of anilines is 1. The van der Waals surface area contributed by atoms with Crippen LogP contribution in [0.25, 0.3) is 0 Å². The number of halogens is 1. The van der Waals surface area contributed by atoms with E-state index in [1.54, 1.807) is 48.2 Å². The first-order chi connectivity index (χ1) is 10.6. The van der Waals surface area contributed by atoms with Gasteiger partial charge in [-0.3, -0.25) is 9.59 Å². The third-order valence-electron chi connectivity index (χ3n) is 3.79. The summed E-state index contributed by atoms with van der Waals surface area (Å²) in [4.78, 5) is 28.1. The number of nitrogens with zero attached hydrogens (tertiary/aromatic N) is 2. The summed E-state index contributed by atoms with van der Waals surface area (Å²) in [6.45, 7) is 2.62. The lowest BCUT2D eigenvalue weighted by Gasteiger charge is -2.38. The highest BCUT2D eigenvalue weighted by molar-refractivity contribution is 6.30. The number of hydrogen-bond donors (Lipinski definition) is 0. The van der Waals surface area contributed by atoms with E-state index in [4.69, 9.17) is 16.0 Å². The quantitative estimate of drug-likeness (QED) is 0.855. The van der Waals surface area contributed by atoms with Crippen molar-refractivity contribution in [2.45, 2.75) is 13.0 Å². The van der Waals surface area contributed by atoms with Crippen LogP contribution in [0.5, 0.6) is 0 Å². The van der Waals surface area contributed by atoms with E-state index in [0.29, 0.717) is 18.1 Å². The summed E-state index contributed by atoms with van der Waals surface area (Å²) >= 11 is 5.87. The van der Waals surface area contributed by atoms with Crippen molar-refractivity contribution in [1.29, 1.82) is 0 Å². The summed E-state index contributed by atoms with van der Waals surface area (Å²) in [6.07, 6.45) is 1.45. The second kappa shape index (κ2) is 5.85. The van der Waals surface area contributed by atoms with Crippen molar-refractivity contribution in [2.24, 2.45) is 0 Å². The first-order valence-electron chi connectivity index (χ1n) is 6.99. The number of rotatable bonds is 2. The normalized spacial score (nSPS) is 18.6. The van der Waals surface area contributed by atoms with Gasteiger partial charge >= 0.3 is 0 Å². The Morgan fingerprint density at radius 1 is 1.23 bits per heavy atom. The fourth-order valence-electron chi connectivity index (χ4n) is 2.57. The molecule has 0 spiro atoms. The van der Waals surface area contributed by atoms with Gasteiger partial charge in [0.1, 0.15) is 6.04 Å². The van der Waals surface area contributed by atoms with Crippen molar-refractivity contribution < 1.29 is 14.0 Å². The lowest BCUT2D eigenvalue weighted by atomic mass is 10.1. The van der Waals surface area contributed by atoms with Gasteiger partial charge in [0.2, 0.25) is 5.91 Å². The Morgan fingerprint density at radius 2 is 1.95 bits per heavy atom. The average molecular weight is 319 g/mol. The van der Waals surface area contributed by atoms with Gasteiger partial charge in [-0.25, -0.2) is 0 Å². The highest BCUT2D eigenvalue weighted by atomic mass is 35.5. The van der Waals surface area contributed by atoms with E-state index in [-0.39, 0.29) is 17.6 Å². The summed E-state index contributed by atoms with van der Waals surface area (Å²) in [5.41, 5.74) is 0.784. The van der Waals surface area contributed by atoms with Gasteiger partial charge in [-0.2, -0.15) is 0 Å². The van der Waals surface area contributed by atoms with Crippen molar-refractivity contribution in [3.8, 4) is 0 Å². The van der Waals surface area contributed by atoms with Crippen LogP contribution in [0.1, 0.15) is 17.5 Å². The molecule has 0 N–H and O–H groups in total. The molecule has 1 aromatic heterocycles. The fourth-order valence-corrected chi connectivity index (χ4v) is 2.69. The molecule has 3 rings (SSSR count). The zero-order valence-corrected chi connectivity index (χ0v) is 12.8. The van der Waals surface area contributed by atoms with Crippen molar-refractivity contribution >= 4 is 29.1 Å². The summed E-state index contributed by atoms with van der Waals surface area (Å²) in [6, 6.07) is 9.81. The third-order valence-corrected chi connectivity index (χ3v) is 4.04. The molecular weight excluding hydrogens is 304 g/mol. The number of amides is 2. The Balaban J connectivity index is 1.78. The van der Waals surface area contributed by atoms with Crippen molar-refractivity contribution in [2.75, 3.05) is 18.0 Å². The van der Waals surface area contributed by atoms with Crippen LogP contribution in [0, 0.1) is 0 Å². The van der Waals surface area contributed by atoms with E-state index < -0.39 is 6.04 Å². The summed E-state index contributed by atoms with van der Waals surface area (Å²) in [5, 5.41) is 0.621. The minimum atomic E-state index is -0.540. The number of carbonyl (C=O) groups is 2. The largest absolute Gasteiger partial charge is 0.459 e. The number of furan rings is 1. The molecule has 1 fully saturated rings. The summed E-state index contributed by atoms with van der Waals surface area (Å²) in [7, 11) is 0. The second-order valence-electron chi connectivity index (χ2n) is 5.12. The van der Waals surface area contributed by atoms with Gasteiger partial charge < -0.3 is 14.2 Å². The molecule has 6 heteroatoms. The van der Waals surface area contributed by atoms with Crippen LogP contribution in [-0.4, -0.2) is 35.8 Å². The molecule has 5 nitrogen and oxygen atoms in total. The van der Waals surface area contributed by atoms with Crippen LogP contribution >= 0.6 is 11.6 Å². The molecular formula is C16H15ClN2O3. The molecule has 1 aromatic carbocycles. The van der Waals surface area contributed by atoms with Gasteiger partial charge in [-0.1, -0.05) is 11.6 Å². The van der Waals surface area contributed by atoms with Gasteiger partial charge in [0.15, 0.2) is 5.76 Å². The van der Waals surface area contributed by atoms with Crippen LogP contribution < -0.4 is 4.90 Å². The van der Waals surface area contributed by atoms with E-state index in [0.717, 1.165) is 5.69 Å². The van der Waals surface area contributed by atoms with E-state index in [2.05, 4.69) is 0 Å². The topological polar surface area (TPSA) is 53.8 Å². The predicted octanol–water partition coefficient (Wildman–Crippen LogP) is 2.81. The van der Waals surface area contributed by atoms with Gasteiger partial charge in [-0.15, -0.1) is 0 Å². The smallest absolute Gasteiger partial charge is 0.290 e. The summed E-state index contributed by atoms with van der Waals surface area (Å²) < 4.78 is 5.13. The number of carbonyl (C=O) groups excluding carboxylic acids is 2. The molecule has 0 saturated carbocycles. The number of piperazine rings is 1. The van der Waals surface area contributed by atoms with E-state index in [9.17, 15) is 9.59 Å². The second-order valence-corrected chi connectivity index (χ2v) is 5.55. The zero-order chi connectivity index (χ0) is 15.7. The molecule has 2 aromatic rings. The molecule has 2 amide bonds. The summed E-state index contributed by atoms with van der Waals surface area (Å²) in [5.74, 6) is -0.130. The maximum absolute atomic E-state index is 12.6. The van der Waals surface area contributed by atoms with E-state index in [1.165, 1.54) is 11.2 Å². The Bertz CT molecular complexity index is 682. The molecule has 0 unspecified atom stereocenters. The average Bonchev–Trinajstić information content (AvgIpc) is 3.05. The maximum Gasteiger partial charge on any atom is 0.290 e. The van der Waals surface area contributed by atoms with Crippen LogP contribution in [0.15, 0.2) is 47.1 Å². The lowest BCUT2D eigenvalue weighted by Crippen LogP contribution is -2.57. The van der Waals surface area contributed by atoms with Crippen LogP contribution in [0.4, 0.5) is 5.69 Å². The molecule has 114 valence electrons. The Morgan fingerprint density at radius 3 is 2.59 bits per heavy atom. The molecule has 22 heavy (non-hydrogen) atoms. The van der Waals surface area contributed by atoms with E-state index >= 15 is 0 Å². The predicted molar refractivity (Wildman–Crippen MR) is 83.0 cm³/mol. The molecule has 1 aliphatic heterocycles. The minimum absolute atomic E-state index is 0.117. The Hall–Kier alpha value is -2.27. The van der Waals surface area contributed by atoms with Crippen molar-refractivity contribution in [1.82, 2.24) is 4.90 Å².